The first-order valence-corrected chi connectivity index (χ1v) is 10.6. The highest BCUT2D eigenvalue weighted by molar-refractivity contribution is 5.60. The molecule has 5 nitrogen and oxygen atoms in total. The maximum absolute atomic E-state index is 5.79. The van der Waals surface area contributed by atoms with E-state index in [0.29, 0.717) is 0 Å². The second-order valence-corrected chi connectivity index (χ2v) is 8.17. The highest BCUT2D eigenvalue weighted by atomic mass is 15.1. The second kappa shape index (κ2) is 8.28. The monoisotopic (exact) mass is 407 g/mol. The predicted molar refractivity (Wildman–Crippen MR) is 124 cm³/mol. The molecule has 2 aromatic heterocycles. The Labute approximate surface area is 182 Å². The van der Waals surface area contributed by atoms with Gasteiger partial charge in [-0.1, -0.05) is 35.9 Å². The van der Waals surface area contributed by atoms with Gasteiger partial charge in [0.15, 0.2) is 5.82 Å². The summed E-state index contributed by atoms with van der Waals surface area (Å²) >= 11 is 0. The number of nitrogens with two attached hydrogens (primary N) is 1. The fourth-order valence-electron chi connectivity index (χ4n) is 3.95. The van der Waals surface area contributed by atoms with E-state index in [1.165, 1.54) is 16.7 Å². The summed E-state index contributed by atoms with van der Waals surface area (Å²) < 4.78 is 0. The minimum Gasteiger partial charge on any atom is -0.399 e. The lowest BCUT2D eigenvalue weighted by Gasteiger charge is -2.28. The zero-order valence-corrected chi connectivity index (χ0v) is 17.6. The topological polar surface area (TPSA) is 67.9 Å². The molecule has 5 rings (SSSR count). The third-order valence-electron chi connectivity index (χ3n) is 5.76. The van der Waals surface area contributed by atoms with Crippen molar-refractivity contribution in [1.82, 2.24) is 19.9 Å². The molecule has 1 aliphatic heterocycles. The molecule has 2 N–H and O–H groups in total. The highest BCUT2D eigenvalue weighted by Crippen LogP contribution is 2.23. The number of nitrogens with zero attached hydrogens (tertiary/aromatic N) is 4. The van der Waals surface area contributed by atoms with E-state index in [9.17, 15) is 0 Å². The molecule has 31 heavy (non-hydrogen) atoms. The fourth-order valence-corrected chi connectivity index (χ4v) is 3.95. The average Bonchev–Trinajstić information content (AvgIpc) is 2.80. The van der Waals surface area contributed by atoms with Crippen molar-refractivity contribution in [3.63, 3.8) is 0 Å². The number of nitrogen functional groups attached to an aromatic ring is 1. The van der Waals surface area contributed by atoms with Crippen LogP contribution >= 0.6 is 0 Å². The van der Waals surface area contributed by atoms with Crippen molar-refractivity contribution in [1.29, 1.82) is 0 Å². The van der Waals surface area contributed by atoms with Crippen LogP contribution in [0.4, 0.5) is 5.69 Å². The van der Waals surface area contributed by atoms with E-state index in [4.69, 9.17) is 10.7 Å². The number of rotatable bonds is 4. The molecular weight excluding hydrogens is 382 g/mol. The summed E-state index contributed by atoms with van der Waals surface area (Å²) in [5, 5.41) is 0. The van der Waals surface area contributed by atoms with Gasteiger partial charge in [0.1, 0.15) is 0 Å². The van der Waals surface area contributed by atoms with Crippen molar-refractivity contribution in [2.45, 2.75) is 26.4 Å². The smallest absolute Gasteiger partial charge is 0.159 e. The van der Waals surface area contributed by atoms with Crippen LogP contribution in [0.25, 0.3) is 22.6 Å². The number of pyridine rings is 1. The number of anilines is 1. The van der Waals surface area contributed by atoms with Crippen LogP contribution in [0.1, 0.15) is 22.4 Å². The van der Waals surface area contributed by atoms with Gasteiger partial charge in [-0.15, -0.1) is 0 Å². The van der Waals surface area contributed by atoms with E-state index < -0.39 is 0 Å². The lowest BCUT2D eigenvalue weighted by Crippen LogP contribution is -2.31. The summed E-state index contributed by atoms with van der Waals surface area (Å²) in [5.74, 6) is 0.767. The molecule has 0 fully saturated rings. The van der Waals surface area contributed by atoms with Gasteiger partial charge >= 0.3 is 0 Å². The minimum absolute atomic E-state index is 0.749. The van der Waals surface area contributed by atoms with Crippen molar-refractivity contribution >= 4 is 5.69 Å². The van der Waals surface area contributed by atoms with Gasteiger partial charge < -0.3 is 5.73 Å². The molecule has 0 saturated carbocycles. The Morgan fingerprint density at radius 2 is 1.65 bits per heavy atom. The molecule has 3 heterocycles. The Morgan fingerprint density at radius 1 is 0.871 bits per heavy atom. The van der Waals surface area contributed by atoms with E-state index in [0.717, 1.165) is 60.1 Å². The molecule has 0 atom stereocenters. The van der Waals surface area contributed by atoms with Crippen LogP contribution in [0, 0.1) is 6.92 Å². The molecule has 1 aliphatic rings. The normalized spacial score (nSPS) is 13.7. The first-order chi connectivity index (χ1) is 15.1. The third kappa shape index (κ3) is 4.32. The molecule has 154 valence electrons. The zero-order chi connectivity index (χ0) is 21.2. The Kier molecular flexibility index (Phi) is 5.18. The number of hydrogen-bond donors (Lipinski definition) is 1. The van der Waals surface area contributed by atoms with Crippen LogP contribution in [0.3, 0.4) is 0 Å². The minimum atomic E-state index is 0.749. The van der Waals surface area contributed by atoms with Crippen molar-refractivity contribution in [3.8, 4) is 22.6 Å². The molecule has 2 aromatic carbocycles. The van der Waals surface area contributed by atoms with Crippen LogP contribution in [0.15, 0.2) is 73.1 Å². The Morgan fingerprint density at radius 3 is 2.39 bits per heavy atom. The molecule has 0 unspecified atom stereocenters. The van der Waals surface area contributed by atoms with Crippen molar-refractivity contribution in [2.75, 3.05) is 12.3 Å². The van der Waals surface area contributed by atoms with Gasteiger partial charge in [0.05, 0.1) is 11.4 Å². The number of fused-ring (bicyclic) bond motifs is 1. The van der Waals surface area contributed by atoms with E-state index >= 15 is 0 Å². The maximum atomic E-state index is 5.79. The summed E-state index contributed by atoms with van der Waals surface area (Å²) in [6.07, 6.45) is 4.89. The lowest BCUT2D eigenvalue weighted by atomic mass is 10.1. The van der Waals surface area contributed by atoms with Crippen LogP contribution in [0.5, 0.6) is 0 Å². The van der Waals surface area contributed by atoms with Gasteiger partial charge in [-0.2, -0.15) is 0 Å². The summed E-state index contributed by atoms with van der Waals surface area (Å²) in [6, 6.07) is 20.5. The van der Waals surface area contributed by atoms with Crippen molar-refractivity contribution in [3.05, 3.63) is 95.4 Å². The Bertz CT molecular complexity index is 1180. The largest absolute Gasteiger partial charge is 0.399 e. The van der Waals surface area contributed by atoms with Gasteiger partial charge in [-0.3, -0.25) is 9.88 Å². The van der Waals surface area contributed by atoms with E-state index in [-0.39, 0.29) is 0 Å². The molecule has 0 amide bonds. The molecule has 0 saturated heterocycles. The molecule has 5 heteroatoms. The van der Waals surface area contributed by atoms with Gasteiger partial charge in [0, 0.05) is 60.8 Å². The highest BCUT2D eigenvalue weighted by Gasteiger charge is 2.19. The molecule has 0 aliphatic carbocycles. The summed E-state index contributed by atoms with van der Waals surface area (Å²) in [4.78, 5) is 16.5. The standard InChI is InChI=1S/C26H25N5/c1-18-2-5-20(6-3-18)24-11-4-19(14-28-24)16-31-13-12-25-22(17-31)15-29-26(30-25)21-7-9-23(27)10-8-21/h2-11,14-15H,12-13,16-17,27H2,1H3. The molecule has 0 radical (unpaired) electrons. The Balaban J connectivity index is 1.26. The quantitative estimate of drug-likeness (QED) is 0.499. The van der Waals surface area contributed by atoms with Gasteiger partial charge in [0.25, 0.3) is 0 Å². The Hall–Kier alpha value is -3.57. The van der Waals surface area contributed by atoms with Gasteiger partial charge in [-0.25, -0.2) is 9.97 Å². The summed E-state index contributed by atoms with van der Waals surface area (Å²) in [6.45, 7) is 4.81. The molecule has 0 spiro atoms. The average molecular weight is 408 g/mol. The van der Waals surface area contributed by atoms with Crippen molar-refractivity contribution < 1.29 is 0 Å². The lowest BCUT2D eigenvalue weighted by molar-refractivity contribution is 0.242. The first-order valence-electron chi connectivity index (χ1n) is 10.6. The maximum Gasteiger partial charge on any atom is 0.159 e. The van der Waals surface area contributed by atoms with E-state index in [2.05, 4.69) is 58.2 Å². The number of aryl methyl sites for hydroxylation is 1. The first kappa shape index (κ1) is 19.4. The third-order valence-corrected chi connectivity index (χ3v) is 5.76. The van der Waals surface area contributed by atoms with Crippen LogP contribution < -0.4 is 5.73 Å². The molecule has 0 bridgehead atoms. The van der Waals surface area contributed by atoms with Crippen molar-refractivity contribution in [2.24, 2.45) is 0 Å². The molecule has 4 aromatic rings. The van der Waals surface area contributed by atoms with Crippen LogP contribution in [-0.4, -0.2) is 26.4 Å². The van der Waals surface area contributed by atoms with E-state index in [1.807, 2.05) is 36.7 Å². The fraction of sp³-hybridized carbons (Fsp3) is 0.192. The number of aromatic nitrogens is 3. The number of hydrogen-bond acceptors (Lipinski definition) is 5. The molecular formula is C26H25N5. The summed E-state index contributed by atoms with van der Waals surface area (Å²) in [5.41, 5.74) is 14.5. The predicted octanol–water partition coefficient (Wildman–Crippen LogP) is 4.65. The van der Waals surface area contributed by atoms with Gasteiger partial charge in [0.2, 0.25) is 0 Å². The summed E-state index contributed by atoms with van der Waals surface area (Å²) in [7, 11) is 0. The SMILES string of the molecule is Cc1ccc(-c2ccc(CN3CCc4nc(-c5ccc(N)cc5)ncc4C3)cn2)cc1. The van der Waals surface area contributed by atoms with Gasteiger partial charge in [-0.05, 0) is 42.8 Å². The zero-order valence-electron chi connectivity index (χ0n) is 17.6. The number of benzene rings is 2. The van der Waals surface area contributed by atoms with E-state index in [1.54, 1.807) is 0 Å². The van der Waals surface area contributed by atoms with Crippen LogP contribution in [0.2, 0.25) is 0 Å². The second-order valence-electron chi connectivity index (χ2n) is 8.17. The van der Waals surface area contributed by atoms with Crippen LogP contribution in [-0.2, 0) is 19.5 Å².